The average Bonchev–Trinajstić information content (AvgIpc) is 3.09. The maximum Gasteiger partial charge on any atom is 0.256 e. The first kappa shape index (κ1) is 15.7. The Labute approximate surface area is 135 Å². The summed E-state index contributed by atoms with van der Waals surface area (Å²) in [6.07, 6.45) is 5.07. The number of hydrogen-bond donors (Lipinski definition) is 1. The van der Waals surface area contributed by atoms with E-state index in [1.54, 1.807) is 12.4 Å². The summed E-state index contributed by atoms with van der Waals surface area (Å²) >= 11 is 0. The van der Waals surface area contributed by atoms with Crippen LogP contribution in [0, 0.1) is 12.8 Å². The number of likely N-dealkylation sites (tertiary alicyclic amines) is 1. The second kappa shape index (κ2) is 6.50. The van der Waals surface area contributed by atoms with Crippen molar-refractivity contribution in [2.75, 3.05) is 13.2 Å². The number of aliphatic hydroxyl groups is 1. The summed E-state index contributed by atoms with van der Waals surface area (Å²) in [5, 5.41) is 17.7. The smallest absolute Gasteiger partial charge is 0.256 e. The van der Waals surface area contributed by atoms with Gasteiger partial charge in [0.25, 0.3) is 5.91 Å². The van der Waals surface area contributed by atoms with Crippen molar-refractivity contribution in [3.8, 4) is 5.69 Å². The lowest BCUT2D eigenvalue weighted by atomic mass is 9.93. The Balaban J connectivity index is 1.97. The second-order valence-electron chi connectivity index (χ2n) is 6.27. The first-order chi connectivity index (χ1) is 11.1. The fourth-order valence-electron chi connectivity index (χ4n) is 3.10. The lowest BCUT2D eigenvalue weighted by Gasteiger charge is -2.37. The van der Waals surface area contributed by atoms with Gasteiger partial charge in [0.2, 0.25) is 0 Å². The highest BCUT2D eigenvalue weighted by molar-refractivity contribution is 5.98. The van der Waals surface area contributed by atoms with Gasteiger partial charge in [-0.15, -0.1) is 0 Å². The van der Waals surface area contributed by atoms with Crippen molar-refractivity contribution in [2.45, 2.75) is 32.7 Å². The third kappa shape index (κ3) is 3.12. The molecule has 0 spiro atoms. The van der Waals surface area contributed by atoms with Crippen molar-refractivity contribution in [3.63, 3.8) is 0 Å². The molecule has 23 heavy (non-hydrogen) atoms. The molecular formula is C17H22N4O2. The van der Waals surface area contributed by atoms with E-state index in [0.29, 0.717) is 17.8 Å². The van der Waals surface area contributed by atoms with Gasteiger partial charge in [0.1, 0.15) is 0 Å². The Kier molecular flexibility index (Phi) is 4.43. The molecule has 1 aromatic carbocycles. The van der Waals surface area contributed by atoms with Gasteiger partial charge in [-0.05, 0) is 44.7 Å². The maximum absolute atomic E-state index is 13.1. The van der Waals surface area contributed by atoms with E-state index in [1.807, 2.05) is 30.0 Å². The molecule has 6 heteroatoms. The van der Waals surface area contributed by atoms with Crippen LogP contribution < -0.4 is 0 Å². The zero-order chi connectivity index (χ0) is 16.4. The highest BCUT2D eigenvalue weighted by atomic mass is 16.3. The second-order valence-corrected chi connectivity index (χ2v) is 6.27. The van der Waals surface area contributed by atoms with Gasteiger partial charge in [-0.3, -0.25) is 4.79 Å². The van der Waals surface area contributed by atoms with Crippen LogP contribution >= 0.6 is 0 Å². The quantitative estimate of drug-likeness (QED) is 0.938. The van der Waals surface area contributed by atoms with Gasteiger partial charge < -0.3 is 10.0 Å². The summed E-state index contributed by atoms with van der Waals surface area (Å²) in [6.45, 7) is 4.74. The van der Waals surface area contributed by atoms with Gasteiger partial charge in [0.05, 0.1) is 23.6 Å². The summed E-state index contributed by atoms with van der Waals surface area (Å²) in [6, 6.07) is 5.88. The van der Waals surface area contributed by atoms with E-state index in [2.05, 4.69) is 17.1 Å². The first-order valence-electron chi connectivity index (χ1n) is 7.99. The Bertz CT molecular complexity index is 684. The monoisotopic (exact) mass is 314 g/mol. The number of carbonyl (C=O) groups is 1. The molecule has 1 N–H and O–H groups in total. The molecule has 1 fully saturated rings. The topological polar surface area (TPSA) is 71.2 Å². The molecule has 0 saturated carbocycles. The number of aromatic nitrogens is 3. The van der Waals surface area contributed by atoms with E-state index >= 15 is 0 Å². The lowest BCUT2D eigenvalue weighted by Crippen LogP contribution is -2.46. The van der Waals surface area contributed by atoms with E-state index in [9.17, 15) is 9.90 Å². The molecule has 6 nitrogen and oxygen atoms in total. The van der Waals surface area contributed by atoms with Crippen LogP contribution in [0.3, 0.4) is 0 Å². The first-order valence-corrected chi connectivity index (χ1v) is 7.99. The van der Waals surface area contributed by atoms with Crippen molar-refractivity contribution in [2.24, 2.45) is 5.92 Å². The molecule has 0 radical (unpaired) electrons. The van der Waals surface area contributed by atoms with Crippen molar-refractivity contribution in [1.82, 2.24) is 19.9 Å². The average molecular weight is 314 g/mol. The van der Waals surface area contributed by atoms with Crippen LogP contribution in [0.4, 0.5) is 0 Å². The molecule has 0 bridgehead atoms. The molecule has 2 heterocycles. The van der Waals surface area contributed by atoms with Gasteiger partial charge in [-0.2, -0.15) is 15.0 Å². The SMILES string of the molecule is Cc1ccc(-n2nccn2)c(C(=O)N2C[C@H](CO)CC[C@H]2C)c1. The zero-order valence-electron chi connectivity index (χ0n) is 13.5. The van der Waals surface area contributed by atoms with Crippen molar-refractivity contribution < 1.29 is 9.90 Å². The third-order valence-electron chi connectivity index (χ3n) is 4.52. The number of aryl methyl sites for hydroxylation is 1. The molecule has 1 saturated heterocycles. The van der Waals surface area contributed by atoms with E-state index in [0.717, 1.165) is 18.4 Å². The van der Waals surface area contributed by atoms with Crippen LogP contribution in [0.1, 0.15) is 35.7 Å². The van der Waals surface area contributed by atoms with Crippen LogP contribution in [0.15, 0.2) is 30.6 Å². The highest BCUT2D eigenvalue weighted by Crippen LogP contribution is 2.25. The molecule has 0 aliphatic carbocycles. The van der Waals surface area contributed by atoms with Crippen LogP contribution in [0.25, 0.3) is 5.69 Å². The Morgan fingerprint density at radius 1 is 1.30 bits per heavy atom. The Morgan fingerprint density at radius 2 is 2.04 bits per heavy atom. The van der Waals surface area contributed by atoms with Crippen molar-refractivity contribution in [3.05, 3.63) is 41.7 Å². The molecule has 1 amide bonds. The number of aliphatic hydroxyl groups excluding tert-OH is 1. The third-order valence-corrected chi connectivity index (χ3v) is 4.52. The van der Waals surface area contributed by atoms with Crippen LogP contribution in [0.5, 0.6) is 0 Å². The molecular weight excluding hydrogens is 292 g/mol. The molecule has 1 aliphatic heterocycles. The largest absolute Gasteiger partial charge is 0.396 e. The van der Waals surface area contributed by atoms with Crippen LogP contribution in [0.2, 0.25) is 0 Å². The summed E-state index contributed by atoms with van der Waals surface area (Å²) in [5.41, 5.74) is 2.31. The molecule has 1 aromatic heterocycles. The van der Waals surface area contributed by atoms with E-state index < -0.39 is 0 Å². The van der Waals surface area contributed by atoms with Gasteiger partial charge in [0, 0.05) is 19.2 Å². The number of benzene rings is 1. The number of hydrogen-bond acceptors (Lipinski definition) is 4. The Morgan fingerprint density at radius 3 is 2.74 bits per heavy atom. The van der Waals surface area contributed by atoms with Gasteiger partial charge in [0.15, 0.2) is 0 Å². The van der Waals surface area contributed by atoms with E-state index in [-0.39, 0.29) is 24.5 Å². The number of nitrogens with zero attached hydrogens (tertiary/aromatic N) is 4. The minimum absolute atomic E-state index is 0.0216. The predicted octanol–water partition coefficient (Wildman–Crippen LogP) is 1.81. The maximum atomic E-state index is 13.1. The van der Waals surface area contributed by atoms with Crippen molar-refractivity contribution >= 4 is 5.91 Å². The molecule has 1 aliphatic rings. The van der Waals surface area contributed by atoms with Gasteiger partial charge in [-0.1, -0.05) is 11.6 Å². The summed E-state index contributed by atoms with van der Waals surface area (Å²) < 4.78 is 0. The molecule has 2 aromatic rings. The Hall–Kier alpha value is -2.21. The number of carbonyl (C=O) groups excluding carboxylic acids is 1. The summed E-state index contributed by atoms with van der Waals surface area (Å²) in [5.74, 6) is 0.137. The zero-order valence-corrected chi connectivity index (χ0v) is 13.5. The number of piperidine rings is 1. The number of amides is 1. The predicted molar refractivity (Wildman–Crippen MR) is 86.4 cm³/mol. The normalized spacial score (nSPS) is 21.4. The standard InChI is InChI=1S/C17H22N4O2/c1-12-3-6-16(21-18-7-8-19-21)15(9-12)17(23)20-10-14(11-22)5-4-13(20)2/h3,6-9,13-14,22H,4-5,10-11H2,1-2H3/t13-,14-/m1/s1. The van der Waals surface area contributed by atoms with Gasteiger partial charge in [-0.25, -0.2) is 0 Å². The van der Waals surface area contributed by atoms with Crippen LogP contribution in [-0.2, 0) is 0 Å². The van der Waals surface area contributed by atoms with Gasteiger partial charge >= 0.3 is 0 Å². The summed E-state index contributed by atoms with van der Waals surface area (Å²) in [7, 11) is 0. The lowest BCUT2D eigenvalue weighted by molar-refractivity contribution is 0.0488. The fraction of sp³-hybridized carbons (Fsp3) is 0.471. The van der Waals surface area contributed by atoms with Crippen molar-refractivity contribution in [1.29, 1.82) is 0 Å². The molecule has 2 atom stereocenters. The minimum Gasteiger partial charge on any atom is -0.396 e. The summed E-state index contributed by atoms with van der Waals surface area (Å²) in [4.78, 5) is 16.5. The van der Waals surface area contributed by atoms with E-state index in [1.165, 1.54) is 4.80 Å². The highest BCUT2D eigenvalue weighted by Gasteiger charge is 2.30. The molecule has 122 valence electrons. The van der Waals surface area contributed by atoms with Crippen LogP contribution in [-0.4, -0.2) is 50.1 Å². The fourth-order valence-corrected chi connectivity index (χ4v) is 3.10. The molecule has 0 unspecified atom stereocenters. The minimum atomic E-state index is -0.0216. The van der Waals surface area contributed by atoms with E-state index in [4.69, 9.17) is 0 Å². The molecule has 3 rings (SSSR count). The number of rotatable bonds is 3.